The minimum Gasteiger partial charge on any atom is -0.481 e. The van der Waals surface area contributed by atoms with Crippen molar-refractivity contribution in [2.45, 2.75) is 13.0 Å². The third kappa shape index (κ3) is 2.31. The fourth-order valence-corrected chi connectivity index (χ4v) is 0.489. The average molecular weight is 176 g/mol. The predicted octanol–water partition coefficient (Wildman–Crippen LogP) is -1.28. The van der Waals surface area contributed by atoms with E-state index in [1.54, 1.807) is 0 Å². The second-order valence-corrected chi connectivity index (χ2v) is 2.24. The molecule has 0 aliphatic heterocycles. The highest BCUT2D eigenvalue weighted by atomic mass is 16.4. The van der Waals surface area contributed by atoms with Crippen LogP contribution in [0.25, 0.3) is 0 Å². The zero-order chi connectivity index (χ0) is 9.89. The first kappa shape index (κ1) is 10.6. The van der Waals surface area contributed by atoms with Crippen molar-refractivity contribution in [3.8, 4) is 0 Å². The van der Waals surface area contributed by atoms with Crippen molar-refractivity contribution in [3.05, 3.63) is 0 Å². The number of aliphatic hydroxyl groups is 1. The lowest BCUT2D eigenvalue weighted by Crippen LogP contribution is -2.37. The number of hydrogen-bond acceptors (Lipinski definition) is 4. The molecule has 0 fully saturated rings. The second-order valence-electron chi connectivity index (χ2n) is 2.24. The summed E-state index contributed by atoms with van der Waals surface area (Å²) in [6, 6.07) is 0. The van der Waals surface area contributed by atoms with Crippen molar-refractivity contribution in [3.63, 3.8) is 0 Å². The summed E-state index contributed by atoms with van der Waals surface area (Å²) in [4.78, 5) is 30.6. The van der Waals surface area contributed by atoms with Gasteiger partial charge in [0.15, 0.2) is 0 Å². The van der Waals surface area contributed by atoms with Gasteiger partial charge in [-0.05, 0) is 6.92 Å². The Hall–Kier alpha value is -1.43. The van der Waals surface area contributed by atoms with Gasteiger partial charge in [0, 0.05) is 0 Å². The van der Waals surface area contributed by atoms with Crippen molar-refractivity contribution in [2.24, 2.45) is 5.92 Å². The van der Waals surface area contributed by atoms with Gasteiger partial charge in [0.1, 0.15) is 6.10 Å². The van der Waals surface area contributed by atoms with Crippen LogP contribution >= 0.6 is 0 Å². The first-order valence-electron chi connectivity index (χ1n) is 3.06. The molecule has 0 aromatic heterocycles. The molecule has 68 valence electrons. The SMILES string of the molecule is CC(C(=O)O)C(O)C(=O)C(=O)O. The van der Waals surface area contributed by atoms with Crippen molar-refractivity contribution in [2.75, 3.05) is 0 Å². The van der Waals surface area contributed by atoms with E-state index in [1.807, 2.05) is 0 Å². The Bertz CT molecular complexity index is 220. The predicted molar refractivity (Wildman–Crippen MR) is 35.4 cm³/mol. The normalized spacial score (nSPS) is 14.8. The van der Waals surface area contributed by atoms with Crippen LogP contribution in [-0.4, -0.2) is 39.1 Å². The summed E-state index contributed by atoms with van der Waals surface area (Å²) in [7, 11) is 0. The molecule has 0 radical (unpaired) electrons. The van der Waals surface area contributed by atoms with Crippen LogP contribution in [0.4, 0.5) is 0 Å². The third-order valence-corrected chi connectivity index (χ3v) is 1.34. The van der Waals surface area contributed by atoms with Crippen LogP contribution in [0.3, 0.4) is 0 Å². The zero-order valence-corrected chi connectivity index (χ0v) is 6.22. The highest BCUT2D eigenvalue weighted by Crippen LogP contribution is 2.03. The Balaban J connectivity index is 4.39. The van der Waals surface area contributed by atoms with Crippen LogP contribution in [0.5, 0.6) is 0 Å². The Morgan fingerprint density at radius 2 is 1.58 bits per heavy atom. The number of Topliss-reactive ketones (excluding diaryl/α,β-unsaturated/α-hetero) is 1. The zero-order valence-electron chi connectivity index (χ0n) is 6.22. The van der Waals surface area contributed by atoms with Gasteiger partial charge >= 0.3 is 11.9 Å². The van der Waals surface area contributed by atoms with E-state index in [2.05, 4.69) is 0 Å². The quantitative estimate of drug-likeness (QED) is 0.460. The van der Waals surface area contributed by atoms with E-state index in [1.165, 1.54) is 0 Å². The van der Waals surface area contributed by atoms with Gasteiger partial charge in [0.2, 0.25) is 0 Å². The van der Waals surface area contributed by atoms with Crippen molar-refractivity contribution in [1.82, 2.24) is 0 Å². The van der Waals surface area contributed by atoms with Crippen molar-refractivity contribution >= 4 is 17.7 Å². The summed E-state index contributed by atoms with van der Waals surface area (Å²) >= 11 is 0. The summed E-state index contributed by atoms with van der Waals surface area (Å²) < 4.78 is 0. The van der Waals surface area contributed by atoms with Crippen LogP contribution in [0.1, 0.15) is 6.92 Å². The van der Waals surface area contributed by atoms with Crippen molar-refractivity contribution < 1.29 is 29.7 Å². The van der Waals surface area contributed by atoms with E-state index in [9.17, 15) is 14.4 Å². The van der Waals surface area contributed by atoms with E-state index >= 15 is 0 Å². The van der Waals surface area contributed by atoms with Gasteiger partial charge in [0.05, 0.1) is 5.92 Å². The first-order chi connectivity index (χ1) is 5.37. The lowest BCUT2D eigenvalue weighted by molar-refractivity contribution is -0.158. The Kier molecular flexibility index (Phi) is 3.36. The van der Waals surface area contributed by atoms with E-state index in [-0.39, 0.29) is 0 Å². The molecule has 0 saturated carbocycles. The van der Waals surface area contributed by atoms with E-state index in [0.29, 0.717) is 0 Å². The minimum absolute atomic E-state index is 1.05. The van der Waals surface area contributed by atoms with E-state index in [0.717, 1.165) is 6.92 Å². The van der Waals surface area contributed by atoms with Gasteiger partial charge in [-0.2, -0.15) is 0 Å². The minimum atomic E-state index is -1.99. The van der Waals surface area contributed by atoms with Gasteiger partial charge in [0.25, 0.3) is 5.78 Å². The second kappa shape index (κ2) is 3.82. The number of aliphatic hydroxyl groups excluding tert-OH is 1. The average Bonchev–Trinajstić information content (AvgIpc) is 2.00. The molecule has 6 heteroatoms. The summed E-state index contributed by atoms with van der Waals surface area (Å²) in [5, 5.41) is 25.2. The smallest absolute Gasteiger partial charge is 0.375 e. The van der Waals surface area contributed by atoms with E-state index in [4.69, 9.17) is 15.3 Å². The van der Waals surface area contributed by atoms with Crippen LogP contribution in [0, 0.1) is 5.92 Å². The molecule has 0 bridgehead atoms. The Labute approximate surface area is 67.4 Å². The maximum atomic E-state index is 10.5. The largest absolute Gasteiger partial charge is 0.481 e. The molecule has 12 heavy (non-hydrogen) atoms. The molecule has 0 aliphatic carbocycles. The number of aliphatic carboxylic acids is 2. The highest BCUT2D eigenvalue weighted by Gasteiger charge is 2.31. The highest BCUT2D eigenvalue weighted by molar-refractivity contribution is 6.34. The van der Waals surface area contributed by atoms with Gasteiger partial charge in [-0.15, -0.1) is 0 Å². The van der Waals surface area contributed by atoms with Gasteiger partial charge in [-0.25, -0.2) is 4.79 Å². The van der Waals surface area contributed by atoms with Gasteiger partial charge < -0.3 is 15.3 Å². The summed E-state index contributed by atoms with van der Waals surface area (Å²) in [5.41, 5.74) is 0. The molecule has 0 heterocycles. The number of ketones is 1. The molecule has 0 aromatic carbocycles. The van der Waals surface area contributed by atoms with Crippen LogP contribution < -0.4 is 0 Å². The molecule has 3 N–H and O–H groups in total. The molecule has 0 rings (SSSR count). The maximum Gasteiger partial charge on any atom is 0.375 e. The Morgan fingerprint density at radius 1 is 1.17 bits per heavy atom. The molecular weight excluding hydrogens is 168 g/mol. The number of rotatable bonds is 4. The summed E-state index contributed by atoms with van der Waals surface area (Å²) in [6.07, 6.45) is -1.99. The topological polar surface area (TPSA) is 112 Å². The number of carbonyl (C=O) groups is 3. The lowest BCUT2D eigenvalue weighted by Gasteiger charge is -2.10. The molecule has 0 aromatic rings. The fraction of sp³-hybridized carbons (Fsp3) is 0.500. The van der Waals surface area contributed by atoms with Crippen molar-refractivity contribution in [1.29, 1.82) is 0 Å². The lowest BCUT2D eigenvalue weighted by atomic mass is 10.0. The molecular formula is C6H8O6. The molecule has 2 atom stereocenters. The number of carbonyl (C=O) groups excluding carboxylic acids is 1. The molecule has 0 amide bonds. The monoisotopic (exact) mass is 176 g/mol. The first-order valence-corrected chi connectivity index (χ1v) is 3.06. The maximum absolute atomic E-state index is 10.5. The number of carboxylic acids is 2. The summed E-state index contributed by atoms with van der Waals surface area (Å²) in [5.74, 6) is -6.17. The fourth-order valence-electron chi connectivity index (χ4n) is 0.489. The van der Waals surface area contributed by atoms with Crippen LogP contribution in [0.2, 0.25) is 0 Å². The van der Waals surface area contributed by atoms with Crippen LogP contribution in [-0.2, 0) is 14.4 Å². The molecule has 2 unspecified atom stereocenters. The standard InChI is InChI=1S/C6H8O6/c1-2(5(9)10)3(7)4(8)6(11)12/h2-3,7H,1H3,(H,9,10)(H,11,12). The summed E-state index contributed by atoms with van der Waals surface area (Å²) in [6.45, 7) is 1.05. The molecule has 0 aliphatic rings. The van der Waals surface area contributed by atoms with Gasteiger partial charge in [-0.1, -0.05) is 0 Å². The van der Waals surface area contributed by atoms with Crippen LogP contribution in [0.15, 0.2) is 0 Å². The molecule has 0 saturated heterocycles. The third-order valence-electron chi connectivity index (χ3n) is 1.34. The molecule has 0 spiro atoms. The van der Waals surface area contributed by atoms with E-state index < -0.39 is 29.7 Å². The number of hydrogen-bond donors (Lipinski definition) is 3. The number of carboxylic acid groups (broad SMARTS) is 2. The van der Waals surface area contributed by atoms with Gasteiger partial charge in [-0.3, -0.25) is 9.59 Å². The molecule has 6 nitrogen and oxygen atoms in total. The Morgan fingerprint density at radius 3 is 1.83 bits per heavy atom.